The third kappa shape index (κ3) is 4.06. The van der Waals surface area contributed by atoms with Crippen LogP contribution in [0.2, 0.25) is 5.02 Å². The van der Waals surface area contributed by atoms with Crippen molar-refractivity contribution >= 4 is 40.1 Å². The summed E-state index contributed by atoms with van der Waals surface area (Å²) in [4.78, 5) is 26.0. The summed E-state index contributed by atoms with van der Waals surface area (Å²) in [5.41, 5.74) is 3.18. The molecule has 0 radical (unpaired) electrons. The zero-order chi connectivity index (χ0) is 18.7. The Labute approximate surface area is 156 Å². The van der Waals surface area contributed by atoms with Crippen LogP contribution in [-0.4, -0.2) is 30.3 Å². The number of amides is 2. The predicted octanol–water partition coefficient (Wildman–Crippen LogP) is 4.03. The number of benzene rings is 2. The molecule has 3 aromatic rings. The van der Waals surface area contributed by atoms with Crippen LogP contribution >= 0.6 is 11.6 Å². The number of rotatable bonds is 5. The van der Waals surface area contributed by atoms with Gasteiger partial charge in [0.15, 0.2) is 0 Å². The van der Waals surface area contributed by atoms with Crippen molar-refractivity contribution in [2.75, 3.05) is 18.9 Å². The average molecular weight is 371 g/mol. The highest BCUT2D eigenvalue weighted by Gasteiger charge is 2.17. The SMILES string of the molecule is Cc1ccc2c(CC(=O)N(C)CC(=O)Nc3ccccc3Cl)coc2c1. The van der Waals surface area contributed by atoms with Crippen LogP contribution in [0.5, 0.6) is 0 Å². The molecule has 0 aliphatic heterocycles. The van der Waals surface area contributed by atoms with Crippen molar-refractivity contribution in [1.82, 2.24) is 4.90 Å². The lowest BCUT2D eigenvalue weighted by Crippen LogP contribution is -2.35. The highest BCUT2D eigenvalue weighted by molar-refractivity contribution is 6.33. The van der Waals surface area contributed by atoms with Crippen molar-refractivity contribution in [1.29, 1.82) is 0 Å². The lowest BCUT2D eigenvalue weighted by Gasteiger charge is -2.17. The first-order valence-corrected chi connectivity index (χ1v) is 8.57. The number of aryl methyl sites for hydroxylation is 1. The lowest BCUT2D eigenvalue weighted by molar-refractivity contribution is -0.132. The molecule has 3 rings (SSSR count). The highest BCUT2D eigenvalue weighted by Crippen LogP contribution is 2.23. The van der Waals surface area contributed by atoms with Crippen molar-refractivity contribution < 1.29 is 14.0 Å². The van der Waals surface area contributed by atoms with E-state index < -0.39 is 0 Å². The molecule has 5 nitrogen and oxygen atoms in total. The van der Waals surface area contributed by atoms with E-state index in [0.717, 1.165) is 22.1 Å². The van der Waals surface area contributed by atoms with E-state index in [1.807, 2.05) is 25.1 Å². The fourth-order valence-corrected chi connectivity index (χ4v) is 2.86. The maximum absolute atomic E-state index is 12.5. The summed E-state index contributed by atoms with van der Waals surface area (Å²) >= 11 is 6.02. The zero-order valence-electron chi connectivity index (χ0n) is 14.6. The summed E-state index contributed by atoms with van der Waals surface area (Å²) in [5.74, 6) is -0.468. The summed E-state index contributed by atoms with van der Waals surface area (Å²) in [6.07, 6.45) is 1.77. The van der Waals surface area contributed by atoms with Gasteiger partial charge in [0.25, 0.3) is 0 Å². The maximum Gasteiger partial charge on any atom is 0.244 e. The van der Waals surface area contributed by atoms with E-state index in [-0.39, 0.29) is 24.8 Å². The number of nitrogens with zero attached hydrogens (tertiary/aromatic N) is 1. The molecule has 0 fully saturated rings. The number of hydrogen-bond donors (Lipinski definition) is 1. The molecule has 0 unspecified atom stereocenters. The van der Waals surface area contributed by atoms with Crippen molar-refractivity contribution in [2.45, 2.75) is 13.3 Å². The molecule has 2 amide bonds. The standard InChI is InChI=1S/C20H19ClN2O3/c1-13-7-8-15-14(12-26-18(15)9-13)10-20(25)23(2)11-19(24)22-17-6-4-3-5-16(17)21/h3-9,12H,10-11H2,1-2H3,(H,22,24). The van der Waals surface area contributed by atoms with Gasteiger partial charge in [0, 0.05) is 18.0 Å². The lowest BCUT2D eigenvalue weighted by atomic mass is 10.1. The molecule has 1 N–H and O–H groups in total. The second-order valence-electron chi connectivity index (χ2n) is 6.22. The number of likely N-dealkylation sites (N-methyl/N-ethyl adjacent to an activating group) is 1. The molecule has 26 heavy (non-hydrogen) atoms. The second-order valence-corrected chi connectivity index (χ2v) is 6.62. The summed E-state index contributed by atoms with van der Waals surface area (Å²) in [6, 6.07) is 12.8. The number of fused-ring (bicyclic) bond motifs is 1. The number of anilines is 1. The molecule has 0 atom stereocenters. The molecule has 0 spiro atoms. The van der Waals surface area contributed by atoms with Gasteiger partial charge in [-0.05, 0) is 30.7 Å². The van der Waals surface area contributed by atoms with Crippen LogP contribution in [0.4, 0.5) is 5.69 Å². The second kappa shape index (κ2) is 7.62. The summed E-state index contributed by atoms with van der Waals surface area (Å²) in [5, 5.41) is 4.08. The minimum absolute atomic E-state index is 0.0566. The van der Waals surface area contributed by atoms with Crippen LogP contribution in [-0.2, 0) is 16.0 Å². The van der Waals surface area contributed by atoms with Gasteiger partial charge < -0.3 is 14.6 Å². The Balaban J connectivity index is 1.62. The number of furan rings is 1. The van der Waals surface area contributed by atoms with Crippen LogP contribution < -0.4 is 5.32 Å². The molecule has 0 saturated carbocycles. The molecule has 6 heteroatoms. The Bertz CT molecular complexity index is 965. The quantitative estimate of drug-likeness (QED) is 0.737. The van der Waals surface area contributed by atoms with E-state index in [9.17, 15) is 9.59 Å². The Morgan fingerprint density at radius 1 is 1.19 bits per heavy atom. The molecule has 1 aromatic heterocycles. The van der Waals surface area contributed by atoms with E-state index >= 15 is 0 Å². The fraction of sp³-hybridized carbons (Fsp3) is 0.200. The first-order valence-electron chi connectivity index (χ1n) is 8.19. The number of para-hydroxylation sites is 1. The topological polar surface area (TPSA) is 62.6 Å². The first kappa shape index (κ1) is 18.0. The van der Waals surface area contributed by atoms with E-state index in [0.29, 0.717) is 10.7 Å². The summed E-state index contributed by atoms with van der Waals surface area (Å²) in [7, 11) is 1.60. The van der Waals surface area contributed by atoms with E-state index in [4.69, 9.17) is 16.0 Å². The van der Waals surface area contributed by atoms with Crippen molar-refractivity contribution in [3.63, 3.8) is 0 Å². The third-order valence-electron chi connectivity index (χ3n) is 4.11. The zero-order valence-corrected chi connectivity index (χ0v) is 15.3. The third-order valence-corrected chi connectivity index (χ3v) is 4.44. The van der Waals surface area contributed by atoms with Crippen LogP contribution in [0.25, 0.3) is 11.0 Å². The number of hydrogen-bond acceptors (Lipinski definition) is 3. The van der Waals surface area contributed by atoms with Gasteiger partial charge in [-0.2, -0.15) is 0 Å². The van der Waals surface area contributed by atoms with E-state index in [1.54, 1.807) is 37.6 Å². The normalized spacial score (nSPS) is 10.7. The number of carbonyl (C=O) groups is 2. The Morgan fingerprint density at radius 2 is 1.96 bits per heavy atom. The van der Waals surface area contributed by atoms with Gasteiger partial charge in [-0.25, -0.2) is 0 Å². The number of carbonyl (C=O) groups excluding carboxylic acids is 2. The van der Waals surface area contributed by atoms with Crippen LogP contribution in [0, 0.1) is 6.92 Å². The van der Waals surface area contributed by atoms with Gasteiger partial charge in [0.05, 0.1) is 29.9 Å². The van der Waals surface area contributed by atoms with E-state index in [2.05, 4.69) is 5.32 Å². The Morgan fingerprint density at radius 3 is 2.73 bits per heavy atom. The molecule has 0 saturated heterocycles. The highest BCUT2D eigenvalue weighted by atomic mass is 35.5. The predicted molar refractivity (Wildman–Crippen MR) is 102 cm³/mol. The minimum atomic E-state index is -0.304. The van der Waals surface area contributed by atoms with Crippen molar-refractivity contribution in [3.05, 3.63) is 64.9 Å². The van der Waals surface area contributed by atoms with Crippen molar-refractivity contribution in [2.24, 2.45) is 0 Å². The smallest absolute Gasteiger partial charge is 0.244 e. The average Bonchev–Trinajstić information content (AvgIpc) is 2.98. The minimum Gasteiger partial charge on any atom is -0.464 e. The van der Waals surface area contributed by atoms with Gasteiger partial charge in [-0.3, -0.25) is 9.59 Å². The number of nitrogens with one attached hydrogen (secondary N) is 1. The Hall–Kier alpha value is -2.79. The van der Waals surface area contributed by atoms with Gasteiger partial charge in [-0.15, -0.1) is 0 Å². The molecule has 1 heterocycles. The molecular weight excluding hydrogens is 352 g/mol. The van der Waals surface area contributed by atoms with E-state index in [1.165, 1.54) is 4.90 Å². The fourth-order valence-electron chi connectivity index (χ4n) is 2.68. The molecule has 2 aromatic carbocycles. The number of halogens is 1. The van der Waals surface area contributed by atoms with Crippen LogP contribution in [0.1, 0.15) is 11.1 Å². The van der Waals surface area contributed by atoms with Crippen molar-refractivity contribution in [3.8, 4) is 0 Å². The summed E-state index contributed by atoms with van der Waals surface area (Å²) in [6.45, 7) is 1.93. The largest absolute Gasteiger partial charge is 0.464 e. The monoisotopic (exact) mass is 370 g/mol. The van der Waals surface area contributed by atoms with Gasteiger partial charge >= 0.3 is 0 Å². The molecule has 0 bridgehead atoms. The van der Waals surface area contributed by atoms with Crippen LogP contribution in [0.3, 0.4) is 0 Å². The first-order chi connectivity index (χ1) is 12.4. The van der Waals surface area contributed by atoms with Gasteiger partial charge in [0.1, 0.15) is 5.58 Å². The molecule has 134 valence electrons. The Kier molecular flexibility index (Phi) is 5.28. The molecule has 0 aliphatic rings. The maximum atomic E-state index is 12.5. The van der Waals surface area contributed by atoms with Gasteiger partial charge in [0.2, 0.25) is 11.8 Å². The molecule has 0 aliphatic carbocycles. The van der Waals surface area contributed by atoms with Crippen LogP contribution in [0.15, 0.2) is 53.1 Å². The van der Waals surface area contributed by atoms with Gasteiger partial charge in [-0.1, -0.05) is 35.9 Å². The summed E-state index contributed by atoms with van der Waals surface area (Å²) < 4.78 is 5.52. The molecular formula is C20H19ClN2O3.